The van der Waals surface area contributed by atoms with Crippen LogP contribution >= 0.6 is 0 Å². The smallest absolute Gasteiger partial charge is 0.152 e. The molecule has 0 saturated carbocycles. The van der Waals surface area contributed by atoms with Gasteiger partial charge in [0.05, 0.1) is 11.4 Å². The van der Waals surface area contributed by atoms with Crippen molar-refractivity contribution in [2.75, 3.05) is 5.73 Å². The molecule has 17 heavy (non-hydrogen) atoms. The van der Waals surface area contributed by atoms with Crippen molar-refractivity contribution in [3.63, 3.8) is 0 Å². The predicted octanol–water partition coefficient (Wildman–Crippen LogP) is 3.50. The van der Waals surface area contributed by atoms with Crippen LogP contribution in [0.2, 0.25) is 0 Å². The van der Waals surface area contributed by atoms with Crippen molar-refractivity contribution in [1.82, 2.24) is 0 Å². The van der Waals surface area contributed by atoms with E-state index in [2.05, 4.69) is 10.2 Å². The Morgan fingerprint density at radius 3 is 2.18 bits per heavy atom. The fourth-order valence-corrected chi connectivity index (χ4v) is 1.36. The van der Waals surface area contributed by atoms with Crippen LogP contribution in [0.1, 0.15) is 10.4 Å². The average Bonchev–Trinajstić information content (AvgIpc) is 2.38. The molecule has 4 nitrogen and oxygen atoms in total. The van der Waals surface area contributed by atoms with E-state index in [0.29, 0.717) is 22.6 Å². The van der Waals surface area contributed by atoms with Gasteiger partial charge in [-0.2, -0.15) is 0 Å². The van der Waals surface area contributed by atoms with E-state index in [4.69, 9.17) is 5.73 Å². The molecule has 0 heterocycles. The van der Waals surface area contributed by atoms with Gasteiger partial charge in [0.1, 0.15) is 5.69 Å². The number of anilines is 1. The average molecular weight is 225 g/mol. The third-order valence-corrected chi connectivity index (χ3v) is 2.27. The summed E-state index contributed by atoms with van der Waals surface area (Å²) in [6.45, 7) is 0. The van der Waals surface area contributed by atoms with Gasteiger partial charge in [-0.25, -0.2) is 0 Å². The highest BCUT2D eigenvalue weighted by Gasteiger charge is 1.99. The van der Waals surface area contributed by atoms with Crippen molar-refractivity contribution in [2.24, 2.45) is 10.2 Å². The molecule has 2 aromatic carbocycles. The molecule has 2 aromatic rings. The van der Waals surface area contributed by atoms with Crippen LogP contribution in [0.4, 0.5) is 17.1 Å². The van der Waals surface area contributed by atoms with Crippen LogP contribution < -0.4 is 5.73 Å². The molecule has 84 valence electrons. The molecule has 0 fully saturated rings. The molecule has 0 amide bonds. The van der Waals surface area contributed by atoms with Gasteiger partial charge in [0.25, 0.3) is 0 Å². The number of carbonyl (C=O) groups is 1. The van der Waals surface area contributed by atoms with E-state index in [1.165, 1.54) is 0 Å². The fraction of sp³-hybridized carbons (Fsp3) is 0. The Hall–Kier alpha value is -2.49. The molecule has 0 saturated heterocycles. The van der Waals surface area contributed by atoms with Crippen molar-refractivity contribution < 1.29 is 4.79 Å². The Morgan fingerprint density at radius 1 is 0.882 bits per heavy atom. The zero-order valence-electron chi connectivity index (χ0n) is 9.08. The summed E-state index contributed by atoms with van der Waals surface area (Å²) in [5, 5.41) is 8.05. The molecular weight excluding hydrogens is 214 g/mol. The van der Waals surface area contributed by atoms with Gasteiger partial charge in [0, 0.05) is 5.56 Å². The van der Waals surface area contributed by atoms with E-state index in [0.717, 1.165) is 6.29 Å². The van der Waals surface area contributed by atoms with Crippen LogP contribution in [0.5, 0.6) is 0 Å². The second kappa shape index (κ2) is 5.03. The monoisotopic (exact) mass is 225 g/mol. The van der Waals surface area contributed by atoms with Crippen molar-refractivity contribution in [3.8, 4) is 0 Å². The number of para-hydroxylation sites is 1. The first kappa shape index (κ1) is 11.0. The Kier molecular flexibility index (Phi) is 3.25. The maximum absolute atomic E-state index is 10.8. The number of aldehydes is 1. The molecule has 0 aromatic heterocycles. The van der Waals surface area contributed by atoms with E-state index in [-0.39, 0.29) is 0 Å². The van der Waals surface area contributed by atoms with E-state index in [9.17, 15) is 4.79 Å². The Bertz CT molecular complexity index is 564. The second-order valence-corrected chi connectivity index (χ2v) is 3.44. The van der Waals surface area contributed by atoms with E-state index in [1.807, 2.05) is 12.1 Å². The molecule has 2 N–H and O–H groups in total. The summed E-state index contributed by atoms with van der Waals surface area (Å²) < 4.78 is 0. The highest BCUT2D eigenvalue weighted by Crippen LogP contribution is 2.24. The maximum atomic E-state index is 10.8. The minimum absolute atomic E-state index is 0.505. The molecule has 4 heteroatoms. The largest absolute Gasteiger partial charge is 0.397 e. The summed E-state index contributed by atoms with van der Waals surface area (Å²) >= 11 is 0. The lowest BCUT2D eigenvalue weighted by Gasteiger charge is -1.98. The van der Waals surface area contributed by atoms with Gasteiger partial charge in [0.2, 0.25) is 0 Å². The normalized spacial score (nSPS) is 10.6. The summed E-state index contributed by atoms with van der Waals surface area (Å²) in [6.07, 6.45) is 0.753. The number of benzene rings is 2. The SMILES string of the molecule is Nc1ccccc1N=Nc1ccccc1C=O. The molecule has 0 spiro atoms. The fourth-order valence-electron chi connectivity index (χ4n) is 1.36. The van der Waals surface area contributed by atoms with Gasteiger partial charge >= 0.3 is 0 Å². The molecule has 0 aliphatic heterocycles. The number of rotatable bonds is 3. The lowest BCUT2D eigenvalue weighted by atomic mass is 10.2. The molecule has 0 aliphatic carbocycles. The standard InChI is InChI=1S/C13H11N3O/c14-11-6-2-4-8-13(11)16-15-12-7-3-1-5-10(12)9-17/h1-9H,14H2. The van der Waals surface area contributed by atoms with Crippen LogP contribution in [-0.4, -0.2) is 6.29 Å². The number of carbonyl (C=O) groups excluding carboxylic acids is 1. The van der Waals surface area contributed by atoms with Gasteiger partial charge in [-0.3, -0.25) is 4.79 Å². The summed E-state index contributed by atoms with van der Waals surface area (Å²) in [5.41, 5.74) is 7.92. The second-order valence-electron chi connectivity index (χ2n) is 3.44. The van der Waals surface area contributed by atoms with Crippen molar-refractivity contribution in [2.45, 2.75) is 0 Å². The highest BCUT2D eigenvalue weighted by atomic mass is 16.1. The summed E-state index contributed by atoms with van der Waals surface area (Å²) in [5.74, 6) is 0. The van der Waals surface area contributed by atoms with Crippen LogP contribution in [0, 0.1) is 0 Å². The number of hydrogen-bond acceptors (Lipinski definition) is 4. The van der Waals surface area contributed by atoms with Crippen molar-refractivity contribution in [3.05, 3.63) is 54.1 Å². The van der Waals surface area contributed by atoms with Crippen molar-refractivity contribution in [1.29, 1.82) is 0 Å². The number of nitrogens with two attached hydrogens (primary N) is 1. The number of hydrogen-bond donors (Lipinski definition) is 1. The first-order valence-corrected chi connectivity index (χ1v) is 5.11. The third-order valence-electron chi connectivity index (χ3n) is 2.27. The van der Waals surface area contributed by atoms with Crippen molar-refractivity contribution >= 4 is 23.3 Å². The molecule has 2 rings (SSSR count). The molecular formula is C13H11N3O. The van der Waals surface area contributed by atoms with Gasteiger partial charge in [-0.1, -0.05) is 24.3 Å². The van der Waals surface area contributed by atoms with E-state index in [1.54, 1.807) is 36.4 Å². The van der Waals surface area contributed by atoms with Gasteiger partial charge in [0.15, 0.2) is 6.29 Å². The number of nitrogens with zero attached hydrogens (tertiary/aromatic N) is 2. The van der Waals surface area contributed by atoms with Crippen LogP contribution in [-0.2, 0) is 0 Å². The number of azo groups is 1. The minimum atomic E-state index is 0.505. The maximum Gasteiger partial charge on any atom is 0.152 e. The van der Waals surface area contributed by atoms with Crippen LogP contribution in [0.15, 0.2) is 58.8 Å². The predicted molar refractivity (Wildman–Crippen MR) is 66.9 cm³/mol. The molecule has 0 unspecified atom stereocenters. The first-order chi connectivity index (χ1) is 8.31. The third kappa shape index (κ3) is 2.55. The van der Waals surface area contributed by atoms with Gasteiger partial charge in [-0.05, 0) is 24.3 Å². The lowest BCUT2D eigenvalue weighted by molar-refractivity contribution is 0.112. The number of nitrogen functional groups attached to an aromatic ring is 1. The van der Waals surface area contributed by atoms with Crippen LogP contribution in [0.3, 0.4) is 0 Å². The van der Waals surface area contributed by atoms with E-state index < -0.39 is 0 Å². The van der Waals surface area contributed by atoms with Crippen LogP contribution in [0.25, 0.3) is 0 Å². The van der Waals surface area contributed by atoms with Gasteiger partial charge in [-0.15, -0.1) is 10.2 Å². The van der Waals surface area contributed by atoms with Gasteiger partial charge < -0.3 is 5.73 Å². The first-order valence-electron chi connectivity index (χ1n) is 5.11. The summed E-state index contributed by atoms with van der Waals surface area (Å²) in [6, 6.07) is 14.2. The molecule has 0 atom stereocenters. The summed E-state index contributed by atoms with van der Waals surface area (Å²) in [7, 11) is 0. The Labute approximate surface area is 98.8 Å². The van der Waals surface area contributed by atoms with E-state index >= 15 is 0 Å². The lowest BCUT2D eigenvalue weighted by Crippen LogP contribution is -1.83. The zero-order chi connectivity index (χ0) is 12.1. The highest BCUT2D eigenvalue weighted by molar-refractivity contribution is 5.82. The Balaban J connectivity index is 2.32. The zero-order valence-corrected chi connectivity index (χ0v) is 9.08. The molecule has 0 aliphatic rings. The molecule has 0 radical (unpaired) electrons. The minimum Gasteiger partial charge on any atom is -0.397 e. The molecule has 0 bridgehead atoms. The Morgan fingerprint density at radius 2 is 1.47 bits per heavy atom. The topological polar surface area (TPSA) is 67.8 Å². The quantitative estimate of drug-likeness (QED) is 0.493. The summed E-state index contributed by atoms with van der Waals surface area (Å²) in [4.78, 5) is 10.8.